The van der Waals surface area contributed by atoms with E-state index in [1.165, 1.54) is 0 Å². The van der Waals surface area contributed by atoms with Gasteiger partial charge in [-0.15, -0.1) is 0 Å². The topological polar surface area (TPSA) is 39.9 Å². The first-order valence-electron chi connectivity index (χ1n) is 5.65. The molecule has 0 atom stereocenters. The van der Waals surface area contributed by atoms with Crippen LogP contribution in [0, 0.1) is 11.5 Å². The van der Waals surface area contributed by atoms with Crippen LogP contribution in [0.1, 0.15) is 11.3 Å². The van der Waals surface area contributed by atoms with E-state index in [0.717, 1.165) is 22.4 Å². The summed E-state index contributed by atoms with van der Waals surface area (Å²) < 4.78 is 0. The van der Waals surface area contributed by atoms with Gasteiger partial charge in [-0.25, -0.2) is 0 Å². The van der Waals surface area contributed by atoms with Gasteiger partial charge in [-0.2, -0.15) is 5.26 Å². The van der Waals surface area contributed by atoms with E-state index in [9.17, 15) is 0 Å². The highest BCUT2D eigenvalue weighted by Gasteiger charge is 2.22. The fraction of sp³-hybridized carbons (Fsp3) is 0.143. The van der Waals surface area contributed by atoms with E-state index in [4.69, 9.17) is 16.9 Å². The van der Waals surface area contributed by atoms with Crippen molar-refractivity contribution >= 4 is 11.6 Å². The second-order valence-corrected chi connectivity index (χ2v) is 4.69. The average Bonchev–Trinajstić information content (AvgIpc) is 2.81. The number of hydrogen-bond donors (Lipinski definition) is 0. The van der Waals surface area contributed by atoms with Crippen LogP contribution in [0.25, 0.3) is 11.1 Å². The Bertz CT molecular complexity index is 646. The normalized spacial score (nSPS) is 13.2. The Labute approximate surface area is 110 Å². The quantitative estimate of drug-likeness (QED) is 0.735. The SMILES string of the molecule is N#CN1Cc2nccc(-c3cccc(Cl)c3)c2C1. The number of fused-ring (bicyclic) bond motifs is 1. The summed E-state index contributed by atoms with van der Waals surface area (Å²) in [6, 6.07) is 9.73. The lowest BCUT2D eigenvalue weighted by molar-refractivity contribution is 0.415. The van der Waals surface area contributed by atoms with Gasteiger partial charge in [0.15, 0.2) is 6.19 Å². The Morgan fingerprint density at radius 3 is 2.94 bits per heavy atom. The number of benzene rings is 1. The molecule has 1 aromatic carbocycles. The molecule has 18 heavy (non-hydrogen) atoms. The molecule has 0 aliphatic carbocycles. The van der Waals surface area contributed by atoms with E-state index in [1.54, 1.807) is 11.1 Å². The molecule has 0 N–H and O–H groups in total. The zero-order chi connectivity index (χ0) is 12.5. The summed E-state index contributed by atoms with van der Waals surface area (Å²) in [6.07, 6.45) is 3.96. The monoisotopic (exact) mass is 255 g/mol. The number of rotatable bonds is 1. The first-order valence-corrected chi connectivity index (χ1v) is 6.03. The minimum Gasteiger partial charge on any atom is -0.300 e. The van der Waals surface area contributed by atoms with E-state index in [1.807, 2.05) is 30.3 Å². The van der Waals surface area contributed by atoms with Crippen LogP contribution in [-0.2, 0) is 13.1 Å². The molecule has 3 nitrogen and oxygen atoms in total. The molecule has 0 saturated carbocycles. The van der Waals surface area contributed by atoms with Gasteiger partial charge >= 0.3 is 0 Å². The molecule has 3 rings (SSSR count). The van der Waals surface area contributed by atoms with Crippen LogP contribution in [0.15, 0.2) is 36.5 Å². The molecule has 0 bridgehead atoms. The predicted molar refractivity (Wildman–Crippen MR) is 69.5 cm³/mol. The molecular weight excluding hydrogens is 246 g/mol. The molecule has 0 amide bonds. The Morgan fingerprint density at radius 1 is 1.28 bits per heavy atom. The Balaban J connectivity index is 2.11. The van der Waals surface area contributed by atoms with Crippen molar-refractivity contribution in [3.8, 4) is 17.3 Å². The summed E-state index contributed by atoms with van der Waals surface area (Å²) in [5.74, 6) is 0. The standard InChI is InChI=1S/C14H10ClN3/c15-11-3-1-2-10(6-11)12-4-5-17-14-8-18(9-16)7-13(12)14/h1-6H,7-8H2. The molecule has 0 saturated heterocycles. The van der Waals surface area contributed by atoms with Gasteiger partial charge in [0, 0.05) is 16.8 Å². The lowest BCUT2D eigenvalue weighted by atomic mass is 10.0. The first kappa shape index (κ1) is 11.1. The highest BCUT2D eigenvalue weighted by atomic mass is 35.5. The maximum Gasteiger partial charge on any atom is 0.180 e. The molecule has 1 aliphatic rings. The summed E-state index contributed by atoms with van der Waals surface area (Å²) in [5.41, 5.74) is 4.29. The molecule has 1 aromatic heterocycles. The minimum atomic E-state index is 0.597. The van der Waals surface area contributed by atoms with Crippen molar-refractivity contribution in [2.75, 3.05) is 0 Å². The molecule has 2 aromatic rings. The van der Waals surface area contributed by atoms with Crippen LogP contribution in [0.2, 0.25) is 5.02 Å². The molecule has 0 radical (unpaired) electrons. The summed E-state index contributed by atoms with van der Waals surface area (Å²) in [5, 5.41) is 9.69. The van der Waals surface area contributed by atoms with Gasteiger partial charge in [0.25, 0.3) is 0 Å². The van der Waals surface area contributed by atoms with Crippen LogP contribution >= 0.6 is 11.6 Å². The molecule has 0 spiro atoms. The van der Waals surface area contributed by atoms with Crippen molar-refractivity contribution in [3.05, 3.63) is 52.8 Å². The van der Waals surface area contributed by atoms with Gasteiger partial charge in [0.05, 0.1) is 18.8 Å². The van der Waals surface area contributed by atoms with Crippen molar-refractivity contribution in [3.63, 3.8) is 0 Å². The summed E-state index contributed by atoms with van der Waals surface area (Å²) in [7, 11) is 0. The largest absolute Gasteiger partial charge is 0.300 e. The van der Waals surface area contributed by atoms with E-state index in [2.05, 4.69) is 11.2 Å². The van der Waals surface area contributed by atoms with Gasteiger partial charge in [-0.05, 0) is 29.3 Å². The molecular formula is C14H10ClN3. The van der Waals surface area contributed by atoms with Gasteiger partial charge in [0.1, 0.15) is 0 Å². The second kappa shape index (κ2) is 4.32. The number of aromatic nitrogens is 1. The number of hydrogen-bond acceptors (Lipinski definition) is 3. The van der Waals surface area contributed by atoms with E-state index < -0.39 is 0 Å². The van der Waals surface area contributed by atoms with Crippen LogP contribution in [0.5, 0.6) is 0 Å². The van der Waals surface area contributed by atoms with Crippen molar-refractivity contribution < 1.29 is 0 Å². The summed E-state index contributed by atoms with van der Waals surface area (Å²) in [6.45, 7) is 1.22. The third kappa shape index (κ3) is 1.81. The molecule has 2 heterocycles. The number of nitrogens with zero attached hydrogens (tertiary/aromatic N) is 3. The van der Waals surface area contributed by atoms with Crippen molar-refractivity contribution in [1.29, 1.82) is 5.26 Å². The number of pyridine rings is 1. The number of halogens is 1. The summed E-state index contributed by atoms with van der Waals surface area (Å²) >= 11 is 6.02. The van der Waals surface area contributed by atoms with Crippen LogP contribution < -0.4 is 0 Å². The minimum absolute atomic E-state index is 0.597. The van der Waals surface area contributed by atoms with E-state index >= 15 is 0 Å². The average molecular weight is 256 g/mol. The zero-order valence-electron chi connectivity index (χ0n) is 9.60. The third-order valence-electron chi connectivity index (χ3n) is 3.11. The highest BCUT2D eigenvalue weighted by Crippen LogP contribution is 2.31. The molecule has 1 aliphatic heterocycles. The highest BCUT2D eigenvalue weighted by molar-refractivity contribution is 6.30. The van der Waals surface area contributed by atoms with Gasteiger partial charge in [0.2, 0.25) is 0 Å². The number of nitriles is 1. The van der Waals surface area contributed by atoms with E-state index in [0.29, 0.717) is 18.1 Å². The maximum atomic E-state index is 8.97. The second-order valence-electron chi connectivity index (χ2n) is 4.25. The summed E-state index contributed by atoms with van der Waals surface area (Å²) in [4.78, 5) is 6.04. The molecule has 0 fully saturated rings. The fourth-order valence-electron chi connectivity index (χ4n) is 2.27. The van der Waals surface area contributed by atoms with Crippen molar-refractivity contribution in [2.24, 2.45) is 0 Å². The molecule has 0 unspecified atom stereocenters. The van der Waals surface area contributed by atoms with Crippen molar-refractivity contribution in [1.82, 2.24) is 9.88 Å². The lowest BCUT2D eigenvalue weighted by Crippen LogP contribution is -2.07. The Hall–Kier alpha value is -2.05. The van der Waals surface area contributed by atoms with Crippen molar-refractivity contribution in [2.45, 2.75) is 13.1 Å². The smallest absolute Gasteiger partial charge is 0.180 e. The predicted octanol–water partition coefficient (Wildman–Crippen LogP) is 3.20. The first-order chi connectivity index (χ1) is 8.78. The van der Waals surface area contributed by atoms with E-state index in [-0.39, 0.29) is 0 Å². The zero-order valence-corrected chi connectivity index (χ0v) is 10.4. The van der Waals surface area contributed by atoms with Crippen LogP contribution in [0.3, 0.4) is 0 Å². The van der Waals surface area contributed by atoms with Crippen LogP contribution in [-0.4, -0.2) is 9.88 Å². The van der Waals surface area contributed by atoms with Gasteiger partial charge in [-0.3, -0.25) is 4.98 Å². The lowest BCUT2D eigenvalue weighted by Gasteiger charge is -2.07. The Morgan fingerprint density at radius 2 is 2.17 bits per heavy atom. The van der Waals surface area contributed by atoms with Crippen LogP contribution in [0.4, 0.5) is 0 Å². The van der Waals surface area contributed by atoms with Gasteiger partial charge in [-0.1, -0.05) is 23.7 Å². The molecule has 88 valence electrons. The Kier molecular flexibility index (Phi) is 2.66. The fourth-order valence-corrected chi connectivity index (χ4v) is 2.46. The third-order valence-corrected chi connectivity index (χ3v) is 3.35. The maximum absolute atomic E-state index is 8.97. The van der Waals surface area contributed by atoms with Gasteiger partial charge < -0.3 is 4.90 Å². The molecule has 4 heteroatoms.